The number of phenols is 1. The molecular weight excluding hydrogens is 441 g/mol. The molecule has 32 heavy (non-hydrogen) atoms. The highest BCUT2D eigenvalue weighted by Gasteiger charge is 2.24. The molecule has 0 saturated heterocycles. The normalized spacial score (nSPS) is 14.2. The molecule has 0 aliphatic heterocycles. The van der Waals surface area contributed by atoms with Gasteiger partial charge in [-0.3, -0.25) is 9.88 Å². The Kier molecular flexibility index (Phi) is 8.26. The van der Waals surface area contributed by atoms with Crippen LogP contribution in [0, 0.1) is 6.92 Å². The minimum Gasteiger partial charge on any atom is -0.508 e. The lowest BCUT2D eigenvalue weighted by Gasteiger charge is -2.23. The Labute approximate surface area is 202 Å². The maximum absolute atomic E-state index is 10.4. The third-order valence-corrected chi connectivity index (χ3v) is 6.81. The van der Waals surface area contributed by atoms with Crippen molar-refractivity contribution in [2.45, 2.75) is 58.9 Å². The smallest absolute Gasteiger partial charge is 0.120 e. The van der Waals surface area contributed by atoms with Crippen molar-refractivity contribution in [3.8, 4) is 5.75 Å². The number of hydrogen-bond acceptors (Lipinski definition) is 4. The fourth-order valence-electron chi connectivity index (χ4n) is 4.85. The third-order valence-electron chi connectivity index (χ3n) is 6.58. The van der Waals surface area contributed by atoms with Gasteiger partial charge in [-0.15, -0.1) is 12.4 Å². The number of halogens is 2. The van der Waals surface area contributed by atoms with Gasteiger partial charge in [0.2, 0.25) is 0 Å². The molecule has 2 N–H and O–H groups in total. The third kappa shape index (κ3) is 5.14. The van der Waals surface area contributed by atoms with Crippen LogP contribution in [-0.2, 0) is 6.54 Å². The Morgan fingerprint density at radius 2 is 1.81 bits per heavy atom. The zero-order valence-corrected chi connectivity index (χ0v) is 20.7. The summed E-state index contributed by atoms with van der Waals surface area (Å²) < 4.78 is 0. The molecule has 1 aliphatic rings. The molecule has 1 aliphatic carbocycles. The molecule has 1 aromatic heterocycles. The van der Waals surface area contributed by atoms with Crippen LogP contribution in [0.15, 0.2) is 36.4 Å². The van der Waals surface area contributed by atoms with Crippen LogP contribution in [0.1, 0.15) is 62.3 Å². The van der Waals surface area contributed by atoms with Crippen molar-refractivity contribution in [2.75, 3.05) is 18.4 Å². The standard InChI is InChI=1S/C26H32ClN3O.ClH/c1-4-30(5-2)16-19-14-21(11-13-24(19)31)29-26-22-12-10-20(27)15-23(22)28-17(3)25(26)18-8-6-7-9-18;/h10-15,18,31H,4-9,16H2,1-3H3,(H,28,29);1H. The number of rotatable bonds is 7. The van der Waals surface area contributed by atoms with Gasteiger partial charge in [-0.05, 0) is 75.2 Å². The van der Waals surface area contributed by atoms with E-state index in [1.807, 2.05) is 18.2 Å². The maximum atomic E-state index is 10.4. The van der Waals surface area contributed by atoms with Crippen LogP contribution in [0.4, 0.5) is 11.4 Å². The average molecular weight is 474 g/mol. The molecular formula is C26H33Cl2N3O. The van der Waals surface area contributed by atoms with E-state index in [9.17, 15) is 5.11 Å². The van der Waals surface area contributed by atoms with Crippen molar-refractivity contribution < 1.29 is 5.11 Å². The van der Waals surface area contributed by atoms with Gasteiger partial charge in [-0.1, -0.05) is 38.3 Å². The molecule has 1 fully saturated rings. The number of anilines is 2. The zero-order valence-electron chi connectivity index (χ0n) is 19.1. The molecule has 0 amide bonds. The van der Waals surface area contributed by atoms with Crippen molar-refractivity contribution in [3.63, 3.8) is 0 Å². The number of nitrogens with zero attached hydrogens (tertiary/aromatic N) is 2. The highest BCUT2D eigenvalue weighted by Crippen LogP contribution is 2.43. The summed E-state index contributed by atoms with van der Waals surface area (Å²) in [5.74, 6) is 0.873. The van der Waals surface area contributed by atoms with Crippen LogP contribution in [0.2, 0.25) is 5.02 Å². The molecule has 2 aromatic carbocycles. The molecule has 6 heteroatoms. The van der Waals surface area contributed by atoms with Crippen LogP contribution in [0.5, 0.6) is 5.75 Å². The molecule has 4 nitrogen and oxygen atoms in total. The summed E-state index contributed by atoms with van der Waals surface area (Å²) in [6, 6.07) is 11.8. The SMILES string of the molecule is CCN(CC)Cc1cc(Nc2c(C3CCCC3)c(C)nc3cc(Cl)ccc23)ccc1O.Cl. The minimum atomic E-state index is 0. The topological polar surface area (TPSA) is 48.4 Å². The van der Waals surface area contributed by atoms with E-state index in [0.717, 1.165) is 53.2 Å². The molecule has 3 aromatic rings. The summed E-state index contributed by atoms with van der Waals surface area (Å²) in [7, 11) is 0. The van der Waals surface area contributed by atoms with Gasteiger partial charge < -0.3 is 10.4 Å². The molecule has 1 heterocycles. The highest BCUT2D eigenvalue weighted by atomic mass is 35.5. The van der Waals surface area contributed by atoms with E-state index in [0.29, 0.717) is 16.7 Å². The minimum absolute atomic E-state index is 0. The van der Waals surface area contributed by atoms with Crippen molar-refractivity contribution in [3.05, 3.63) is 58.2 Å². The van der Waals surface area contributed by atoms with E-state index in [-0.39, 0.29) is 12.4 Å². The first-order valence-corrected chi connectivity index (χ1v) is 11.8. The second-order valence-corrected chi connectivity index (χ2v) is 9.00. The molecule has 4 rings (SSSR count). The molecule has 0 spiro atoms. The van der Waals surface area contributed by atoms with Crippen molar-refractivity contribution in [1.82, 2.24) is 9.88 Å². The lowest BCUT2D eigenvalue weighted by molar-refractivity contribution is 0.291. The van der Waals surface area contributed by atoms with E-state index < -0.39 is 0 Å². The molecule has 0 unspecified atom stereocenters. The van der Waals surface area contributed by atoms with Crippen molar-refractivity contribution in [1.29, 1.82) is 0 Å². The highest BCUT2D eigenvalue weighted by molar-refractivity contribution is 6.31. The number of aromatic nitrogens is 1. The monoisotopic (exact) mass is 473 g/mol. The Balaban J connectivity index is 0.00000289. The number of aromatic hydroxyl groups is 1. The maximum Gasteiger partial charge on any atom is 0.120 e. The molecule has 0 atom stereocenters. The van der Waals surface area contributed by atoms with Crippen LogP contribution >= 0.6 is 24.0 Å². The summed E-state index contributed by atoms with van der Waals surface area (Å²) >= 11 is 6.27. The number of fused-ring (bicyclic) bond motifs is 1. The van der Waals surface area contributed by atoms with Gasteiger partial charge in [0.1, 0.15) is 5.75 Å². The number of nitrogens with one attached hydrogen (secondary N) is 1. The molecule has 1 saturated carbocycles. The van der Waals surface area contributed by atoms with Crippen LogP contribution in [0.25, 0.3) is 10.9 Å². The Bertz CT molecular complexity index is 1080. The summed E-state index contributed by atoms with van der Waals surface area (Å²) in [4.78, 5) is 7.21. The lowest BCUT2D eigenvalue weighted by atomic mass is 9.92. The van der Waals surface area contributed by atoms with Gasteiger partial charge in [0.25, 0.3) is 0 Å². The Morgan fingerprint density at radius 1 is 1.09 bits per heavy atom. The van der Waals surface area contributed by atoms with Gasteiger partial charge in [0, 0.05) is 39.5 Å². The van der Waals surface area contributed by atoms with Crippen LogP contribution < -0.4 is 5.32 Å². The van der Waals surface area contributed by atoms with Gasteiger partial charge in [-0.25, -0.2) is 0 Å². The number of aryl methyl sites for hydroxylation is 1. The number of benzene rings is 2. The Hall–Kier alpha value is -2.01. The van der Waals surface area contributed by atoms with Gasteiger partial charge in [0.05, 0.1) is 11.2 Å². The predicted octanol–water partition coefficient (Wildman–Crippen LogP) is 7.57. The summed E-state index contributed by atoms with van der Waals surface area (Å²) in [6.07, 6.45) is 4.96. The average Bonchev–Trinajstić information content (AvgIpc) is 3.28. The summed E-state index contributed by atoms with van der Waals surface area (Å²) in [5.41, 5.74) is 6.37. The summed E-state index contributed by atoms with van der Waals surface area (Å²) in [6.45, 7) is 9.04. The fraction of sp³-hybridized carbons (Fsp3) is 0.423. The Morgan fingerprint density at radius 3 is 2.50 bits per heavy atom. The first kappa shape index (κ1) is 24.6. The second kappa shape index (κ2) is 10.7. The molecule has 0 radical (unpaired) electrons. The zero-order chi connectivity index (χ0) is 22.0. The number of phenolic OH excluding ortho intramolecular Hbond substituents is 1. The van der Waals surface area contributed by atoms with Gasteiger partial charge in [-0.2, -0.15) is 0 Å². The van der Waals surface area contributed by atoms with E-state index in [1.54, 1.807) is 6.07 Å². The second-order valence-electron chi connectivity index (χ2n) is 8.56. The van der Waals surface area contributed by atoms with Gasteiger partial charge in [0.15, 0.2) is 0 Å². The fourth-order valence-corrected chi connectivity index (χ4v) is 5.01. The summed E-state index contributed by atoms with van der Waals surface area (Å²) in [5, 5.41) is 15.9. The largest absolute Gasteiger partial charge is 0.508 e. The van der Waals surface area contributed by atoms with Gasteiger partial charge >= 0.3 is 0 Å². The first-order chi connectivity index (χ1) is 15.0. The lowest BCUT2D eigenvalue weighted by Crippen LogP contribution is -2.22. The first-order valence-electron chi connectivity index (χ1n) is 11.4. The number of hydrogen-bond donors (Lipinski definition) is 2. The predicted molar refractivity (Wildman–Crippen MR) is 138 cm³/mol. The van der Waals surface area contributed by atoms with E-state index >= 15 is 0 Å². The van der Waals surface area contributed by atoms with Crippen molar-refractivity contribution >= 4 is 46.3 Å². The quantitative estimate of drug-likeness (QED) is 0.347. The number of pyridine rings is 1. The van der Waals surface area contributed by atoms with E-state index in [4.69, 9.17) is 16.6 Å². The van der Waals surface area contributed by atoms with Crippen LogP contribution in [0.3, 0.4) is 0 Å². The molecule has 172 valence electrons. The van der Waals surface area contributed by atoms with E-state index in [1.165, 1.54) is 31.2 Å². The van der Waals surface area contributed by atoms with Crippen LogP contribution in [-0.4, -0.2) is 28.1 Å². The molecule has 0 bridgehead atoms. The van der Waals surface area contributed by atoms with E-state index in [2.05, 4.69) is 43.1 Å². The van der Waals surface area contributed by atoms with Crippen molar-refractivity contribution in [2.24, 2.45) is 0 Å².